The quantitative estimate of drug-likeness (QED) is 0.199. The molecule has 0 fully saturated rings. The van der Waals surface area contributed by atoms with Gasteiger partial charge in [0, 0.05) is 6.42 Å². The van der Waals surface area contributed by atoms with Crippen molar-refractivity contribution in [2.75, 3.05) is 6.61 Å². The third-order valence-corrected chi connectivity index (χ3v) is 5.07. The zero-order chi connectivity index (χ0) is 23.8. The number of carbonyl (C=O) groups is 2. The summed E-state index contributed by atoms with van der Waals surface area (Å²) in [5.41, 5.74) is 0.597. The highest BCUT2D eigenvalue weighted by atomic mass is 16.7. The average Bonchev–Trinajstić information content (AvgIpc) is 2.80. The molecule has 1 unspecified atom stereocenters. The monoisotopic (exact) mass is 448 g/mol. The first-order chi connectivity index (χ1) is 15.9. The molecule has 0 aliphatic heterocycles. The molecular formula is C27H28O6. The first-order valence-corrected chi connectivity index (χ1v) is 10.9. The van der Waals surface area contributed by atoms with E-state index < -0.39 is 12.3 Å². The Morgan fingerprint density at radius 2 is 1.76 bits per heavy atom. The number of carboxylic acid groups (broad SMARTS) is 1. The lowest BCUT2D eigenvalue weighted by Crippen LogP contribution is -2.25. The van der Waals surface area contributed by atoms with Crippen molar-refractivity contribution in [3.63, 3.8) is 0 Å². The highest BCUT2D eigenvalue weighted by molar-refractivity contribution is 5.99. The smallest absolute Gasteiger partial charge is 0.335 e. The SMILES string of the molecule is C=CCOc1cccc(OC(CCCC)Oc2ccc3cc(C(=O)O)ccc3c2)c1C(C)=O. The summed E-state index contributed by atoms with van der Waals surface area (Å²) >= 11 is 0. The first kappa shape index (κ1) is 23.9. The van der Waals surface area contributed by atoms with E-state index in [0.29, 0.717) is 29.2 Å². The zero-order valence-corrected chi connectivity index (χ0v) is 18.9. The molecule has 0 radical (unpaired) electrons. The molecule has 0 aliphatic carbocycles. The van der Waals surface area contributed by atoms with E-state index in [4.69, 9.17) is 14.2 Å². The van der Waals surface area contributed by atoms with Gasteiger partial charge in [-0.25, -0.2) is 4.79 Å². The third kappa shape index (κ3) is 6.13. The van der Waals surface area contributed by atoms with Gasteiger partial charge in [0.15, 0.2) is 5.78 Å². The molecule has 0 saturated heterocycles. The minimum Gasteiger partial charge on any atom is -0.489 e. The molecule has 0 bridgehead atoms. The molecule has 6 nitrogen and oxygen atoms in total. The molecule has 1 N–H and O–H groups in total. The molecule has 6 heteroatoms. The second-order valence-electron chi connectivity index (χ2n) is 7.62. The van der Waals surface area contributed by atoms with Crippen LogP contribution in [0.2, 0.25) is 0 Å². The minimum atomic E-state index is -0.967. The molecule has 0 saturated carbocycles. The van der Waals surface area contributed by atoms with Gasteiger partial charge in [0.05, 0.1) is 5.56 Å². The minimum absolute atomic E-state index is 0.168. The molecule has 172 valence electrons. The Kier molecular flexibility index (Phi) is 8.08. The van der Waals surface area contributed by atoms with E-state index in [9.17, 15) is 14.7 Å². The molecule has 1 atom stereocenters. The van der Waals surface area contributed by atoms with Crippen molar-refractivity contribution < 1.29 is 28.9 Å². The molecule has 33 heavy (non-hydrogen) atoms. The maximum Gasteiger partial charge on any atom is 0.335 e. The molecule has 3 aromatic rings. The second kappa shape index (κ2) is 11.2. The number of hydrogen-bond donors (Lipinski definition) is 1. The van der Waals surface area contributed by atoms with Crippen molar-refractivity contribution in [3.05, 3.63) is 78.4 Å². The standard InChI is InChI=1S/C27H28O6/c1-4-6-10-25(33-24-9-7-8-23(31-15-5-2)26(24)18(3)28)32-22-14-13-19-16-21(27(29)30)12-11-20(19)17-22/h5,7-9,11-14,16-17,25H,2,4,6,10,15H2,1,3H3,(H,29,30). The Labute approximate surface area is 193 Å². The Morgan fingerprint density at radius 1 is 1.03 bits per heavy atom. The number of hydrogen-bond acceptors (Lipinski definition) is 5. The fraction of sp³-hybridized carbons (Fsp3) is 0.259. The summed E-state index contributed by atoms with van der Waals surface area (Å²) in [6.07, 6.45) is 3.46. The zero-order valence-electron chi connectivity index (χ0n) is 18.9. The number of fused-ring (bicyclic) bond motifs is 1. The number of ketones is 1. The highest BCUT2D eigenvalue weighted by Gasteiger charge is 2.20. The van der Waals surface area contributed by atoms with E-state index >= 15 is 0 Å². The van der Waals surface area contributed by atoms with Crippen molar-refractivity contribution in [1.29, 1.82) is 0 Å². The summed E-state index contributed by atoms with van der Waals surface area (Å²) in [5.74, 6) is 0.297. The topological polar surface area (TPSA) is 82.1 Å². The number of carboxylic acids is 1. The van der Waals surface area contributed by atoms with Gasteiger partial charge in [-0.3, -0.25) is 4.79 Å². The summed E-state index contributed by atoms with van der Waals surface area (Å²) in [6.45, 7) is 7.48. The van der Waals surface area contributed by atoms with Crippen LogP contribution in [0.3, 0.4) is 0 Å². The van der Waals surface area contributed by atoms with Crippen molar-refractivity contribution >= 4 is 22.5 Å². The molecule has 3 aromatic carbocycles. The maximum atomic E-state index is 12.4. The number of Topliss-reactive ketones (excluding diaryl/α,β-unsaturated/α-hetero) is 1. The molecule has 0 aliphatic rings. The van der Waals surface area contributed by atoms with Crippen LogP contribution in [-0.2, 0) is 0 Å². The number of carbonyl (C=O) groups excluding carboxylic acids is 1. The summed E-state index contributed by atoms with van der Waals surface area (Å²) in [7, 11) is 0. The predicted octanol–water partition coefficient (Wildman–Crippen LogP) is 6.28. The third-order valence-electron chi connectivity index (χ3n) is 5.07. The van der Waals surface area contributed by atoms with Gasteiger partial charge < -0.3 is 19.3 Å². The Balaban J connectivity index is 1.87. The molecule has 0 heterocycles. The summed E-state index contributed by atoms with van der Waals surface area (Å²) in [6, 6.07) is 15.6. The van der Waals surface area contributed by atoms with Gasteiger partial charge in [-0.2, -0.15) is 0 Å². The van der Waals surface area contributed by atoms with E-state index in [1.165, 1.54) is 6.92 Å². The van der Waals surface area contributed by atoms with Crippen molar-refractivity contribution in [1.82, 2.24) is 0 Å². The second-order valence-corrected chi connectivity index (χ2v) is 7.62. The summed E-state index contributed by atoms with van der Waals surface area (Å²) < 4.78 is 18.0. The molecule has 0 aromatic heterocycles. The van der Waals surface area contributed by atoms with Crippen molar-refractivity contribution in [2.45, 2.75) is 39.4 Å². The largest absolute Gasteiger partial charge is 0.489 e. The number of benzene rings is 3. The molecule has 0 spiro atoms. The number of unbranched alkanes of at least 4 members (excludes halogenated alkanes) is 1. The van der Waals surface area contributed by atoms with Gasteiger partial charge in [-0.15, -0.1) is 0 Å². The van der Waals surface area contributed by atoms with Crippen molar-refractivity contribution in [2.24, 2.45) is 0 Å². The summed E-state index contributed by atoms with van der Waals surface area (Å²) in [4.78, 5) is 23.6. The van der Waals surface area contributed by atoms with E-state index in [-0.39, 0.29) is 18.0 Å². The van der Waals surface area contributed by atoms with Gasteiger partial charge >= 0.3 is 5.97 Å². The van der Waals surface area contributed by atoms with E-state index in [0.717, 1.165) is 23.6 Å². The van der Waals surface area contributed by atoms with Crippen LogP contribution in [0.5, 0.6) is 17.2 Å². The Morgan fingerprint density at radius 3 is 2.45 bits per heavy atom. The lowest BCUT2D eigenvalue weighted by atomic mass is 10.1. The van der Waals surface area contributed by atoms with E-state index in [1.807, 2.05) is 12.1 Å². The average molecular weight is 449 g/mol. The van der Waals surface area contributed by atoms with Crippen LogP contribution in [0.1, 0.15) is 53.8 Å². The lowest BCUT2D eigenvalue weighted by molar-refractivity contribution is -0.00262. The predicted molar refractivity (Wildman–Crippen MR) is 128 cm³/mol. The maximum absolute atomic E-state index is 12.4. The van der Waals surface area contributed by atoms with Crippen LogP contribution in [0.4, 0.5) is 0 Å². The first-order valence-electron chi connectivity index (χ1n) is 10.9. The van der Waals surface area contributed by atoms with Crippen LogP contribution >= 0.6 is 0 Å². The van der Waals surface area contributed by atoms with Crippen LogP contribution in [-0.4, -0.2) is 29.8 Å². The Bertz CT molecular complexity index is 1150. The number of ether oxygens (including phenoxy) is 3. The molecule has 0 amide bonds. The van der Waals surface area contributed by atoms with Gasteiger partial charge in [0.2, 0.25) is 6.29 Å². The van der Waals surface area contributed by atoms with Gasteiger partial charge in [0.25, 0.3) is 0 Å². The fourth-order valence-electron chi connectivity index (χ4n) is 3.46. The van der Waals surface area contributed by atoms with Crippen LogP contribution in [0.15, 0.2) is 67.3 Å². The Hall–Kier alpha value is -3.80. The summed E-state index contributed by atoms with van der Waals surface area (Å²) in [5, 5.41) is 10.9. The highest BCUT2D eigenvalue weighted by Crippen LogP contribution is 2.31. The van der Waals surface area contributed by atoms with Gasteiger partial charge in [-0.05, 0) is 60.5 Å². The van der Waals surface area contributed by atoms with Gasteiger partial charge in [-0.1, -0.05) is 44.2 Å². The van der Waals surface area contributed by atoms with Crippen molar-refractivity contribution in [3.8, 4) is 17.2 Å². The number of aromatic carboxylic acids is 1. The normalized spacial score (nSPS) is 11.6. The molecule has 3 rings (SSSR count). The lowest BCUT2D eigenvalue weighted by Gasteiger charge is -2.22. The van der Waals surface area contributed by atoms with E-state index in [1.54, 1.807) is 48.5 Å². The van der Waals surface area contributed by atoms with Gasteiger partial charge in [0.1, 0.15) is 29.4 Å². The van der Waals surface area contributed by atoms with E-state index in [2.05, 4.69) is 13.5 Å². The fourth-order valence-corrected chi connectivity index (χ4v) is 3.46. The molecular weight excluding hydrogens is 420 g/mol. The van der Waals surface area contributed by atoms with Crippen LogP contribution in [0.25, 0.3) is 10.8 Å². The number of rotatable bonds is 12. The van der Waals surface area contributed by atoms with Crippen LogP contribution in [0, 0.1) is 0 Å². The van der Waals surface area contributed by atoms with Crippen LogP contribution < -0.4 is 14.2 Å².